The van der Waals surface area contributed by atoms with Gasteiger partial charge in [0.25, 0.3) is 0 Å². The molecule has 8 heteroatoms. The van der Waals surface area contributed by atoms with Crippen molar-refractivity contribution >= 4 is 36.6 Å². The molecule has 1 saturated carbocycles. The molecule has 3 fully saturated rings. The normalized spacial score (nSPS) is 23.6. The molecule has 6 nitrogen and oxygen atoms in total. The largest absolute Gasteiger partial charge is 0.342 e. The number of hydrogen-bond donors (Lipinski definition) is 1. The Morgan fingerprint density at radius 1 is 1.00 bits per heavy atom. The van der Waals surface area contributed by atoms with Gasteiger partial charge < -0.3 is 15.1 Å². The predicted octanol–water partition coefficient (Wildman–Crippen LogP) is 2.16. The minimum Gasteiger partial charge on any atom is -0.342 e. The number of hydrogen-bond acceptors (Lipinski definition) is 4. The highest BCUT2D eigenvalue weighted by Gasteiger charge is 2.26. The van der Waals surface area contributed by atoms with Crippen LogP contribution < -0.4 is 5.32 Å². The number of nitrogens with zero attached hydrogens (tertiary/aromatic N) is 3. The van der Waals surface area contributed by atoms with Crippen LogP contribution in [0.25, 0.3) is 0 Å². The molecular weight excluding hydrogens is 399 g/mol. The van der Waals surface area contributed by atoms with Gasteiger partial charge in [-0.2, -0.15) is 0 Å². The summed E-state index contributed by atoms with van der Waals surface area (Å²) in [5, 5.41) is 3.36. The molecule has 28 heavy (non-hydrogen) atoms. The van der Waals surface area contributed by atoms with Gasteiger partial charge in [-0.15, -0.1) is 24.8 Å². The number of amides is 2. The molecule has 164 valence electrons. The van der Waals surface area contributed by atoms with E-state index in [-0.39, 0.29) is 30.7 Å². The monoisotopic (exact) mass is 436 g/mol. The molecule has 2 aliphatic heterocycles. The predicted molar refractivity (Wildman–Crippen MR) is 117 cm³/mol. The molecule has 0 aromatic heterocycles. The zero-order valence-corrected chi connectivity index (χ0v) is 18.9. The molecule has 3 rings (SSSR count). The van der Waals surface area contributed by atoms with Gasteiger partial charge in [-0.05, 0) is 44.7 Å². The van der Waals surface area contributed by atoms with E-state index < -0.39 is 0 Å². The first-order valence-corrected chi connectivity index (χ1v) is 10.6. The molecule has 1 N–H and O–H groups in total. The van der Waals surface area contributed by atoms with Crippen molar-refractivity contribution < 1.29 is 9.59 Å². The third-order valence-corrected chi connectivity index (χ3v) is 6.53. The third-order valence-electron chi connectivity index (χ3n) is 6.53. The van der Waals surface area contributed by atoms with Gasteiger partial charge >= 0.3 is 0 Å². The van der Waals surface area contributed by atoms with Crippen LogP contribution in [0.4, 0.5) is 0 Å². The highest BCUT2D eigenvalue weighted by Crippen LogP contribution is 2.22. The lowest BCUT2D eigenvalue weighted by Crippen LogP contribution is -2.52. The van der Waals surface area contributed by atoms with Crippen LogP contribution in [0.5, 0.6) is 0 Å². The van der Waals surface area contributed by atoms with Gasteiger partial charge in [-0.3, -0.25) is 14.5 Å². The molecule has 0 aromatic carbocycles. The Morgan fingerprint density at radius 3 is 2.29 bits per heavy atom. The van der Waals surface area contributed by atoms with Gasteiger partial charge in [-0.25, -0.2) is 0 Å². The van der Waals surface area contributed by atoms with Crippen LogP contribution in [0.1, 0.15) is 51.4 Å². The van der Waals surface area contributed by atoms with E-state index in [1.165, 1.54) is 25.7 Å². The summed E-state index contributed by atoms with van der Waals surface area (Å²) in [4.78, 5) is 31.2. The standard InChI is InChI=1S/C20H36N4O2.2ClH/c1-22(18-5-3-2-4-6-18)20(26)16-23-11-13-24(14-12-23)19(25)8-7-17-9-10-21-15-17;;/h17-18,21H,2-16H2,1H3;2*1H. The lowest BCUT2D eigenvalue weighted by molar-refractivity contribution is -0.136. The fourth-order valence-electron chi connectivity index (χ4n) is 4.58. The van der Waals surface area contributed by atoms with E-state index >= 15 is 0 Å². The second-order valence-electron chi connectivity index (χ2n) is 8.35. The van der Waals surface area contributed by atoms with Crippen molar-refractivity contribution in [1.82, 2.24) is 20.0 Å². The lowest BCUT2D eigenvalue weighted by atomic mass is 9.94. The van der Waals surface area contributed by atoms with Gasteiger partial charge in [0.15, 0.2) is 0 Å². The maximum absolute atomic E-state index is 12.6. The van der Waals surface area contributed by atoms with E-state index in [4.69, 9.17) is 0 Å². The molecule has 1 aliphatic carbocycles. The van der Waals surface area contributed by atoms with E-state index in [1.54, 1.807) is 0 Å². The maximum Gasteiger partial charge on any atom is 0.236 e. The second-order valence-corrected chi connectivity index (χ2v) is 8.35. The first-order chi connectivity index (χ1) is 12.6. The van der Waals surface area contributed by atoms with Crippen molar-refractivity contribution in [2.24, 2.45) is 5.92 Å². The van der Waals surface area contributed by atoms with Crippen LogP contribution in [0, 0.1) is 5.92 Å². The molecule has 0 radical (unpaired) electrons. The van der Waals surface area contributed by atoms with Crippen LogP contribution in [-0.4, -0.2) is 85.4 Å². The van der Waals surface area contributed by atoms with Gasteiger partial charge in [-0.1, -0.05) is 19.3 Å². The van der Waals surface area contributed by atoms with Crippen LogP contribution in [0.3, 0.4) is 0 Å². The van der Waals surface area contributed by atoms with Gasteiger partial charge in [0, 0.05) is 45.7 Å². The first kappa shape index (κ1) is 25.5. The number of piperazine rings is 1. The molecule has 2 saturated heterocycles. The zero-order valence-electron chi connectivity index (χ0n) is 17.2. The average Bonchev–Trinajstić information content (AvgIpc) is 3.20. The number of halogens is 2. The Morgan fingerprint density at radius 2 is 1.68 bits per heavy atom. The summed E-state index contributed by atoms with van der Waals surface area (Å²) in [6, 6.07) is 0.434. The van der Waals surface area contributed by atoms with E-state index in [9.17, 15) is 9.59 Å². The first-order valence-electron chi connectivity index (χ1n) is 10.6. The highest BCUT2D eigenvalue weighted by atomic mass is 35.5. The van der Waals surface area contributed by atoms with Crippen LogP contribution in [-0.2, 0) is 9.59 Å². The van der Waals surface area contributed by atoms with E-state index in [0.717, 1.165) is 58.5 Å². The number of likely N-dealkylation sites (N-methyl/N-ethyl adjacent to an activating group) is 1. The summed E-state index contributed by atoms with van der Waals surface area (Å²) in [7, 11) is 1.97. The summed E-state index contributed by atoms with van der Waals surface area (Å²) < 4.78 is 0. The average molecular weight is 437 g/mol. The molecule has 2 heterocycles. The molecule has 3 aliphatic rings. The van der Waals surface area contributed by atoms with Crippen molar-refractivity contribution in [3.05, 3.63) is 0 Å². The molecule has 0 aromatic rings. The summed E-state index contributed by atoms with van der Waals surface area (Å²) >= 11 is 0. The number of rotatable bonds is 6. The summed E-state index contributed by atoms with van der Waals surface area (Å²) in [5.74, 6) is 1.21. The molecule has 1 unspecified atom stereocenters. The molecular formula is C20H38Cl2N4O2. The number of carbonyl (C=O) groups excluding carboxylic acids is 2. The Labute approximate surface area is 182 Å². The van der Waals surface area contributed by atoms with E-state index in [2.05, 4.69) is 10.2 Å². The molecule has 1 atom stereocenters. The fourth-order valence-corrected chi connectivity index (χ4v) is 4.58. The van der Waals surface area contributed by atoms with Gasteiger partial charge in [0.05, 0.1) is 6.54 Å². The second kappa shape index (κ2) is 12.9. The minimum atomic E-state index is 0. The van der Waals surface area contributed by atoms with Crippen molar-refractivity contribution in [2.75, 3.05) is 52.9 Å². The Balaban J connectivity index is 0.00000196. The fraction of sp³-hybridized carbons (Fsp3) is 0.900. The van der Waals surface area contributed by atoms with Crippen LogP contribution in [0.15, 0.2) is 0 Å². The summed E-state index contributed by atoms with van der Waals surface area (Å²) in [5.41, 5.74) is 0. The van der Waals surface area contributed by atoms with Crippen molar-refractivity contribution in [1.29, 1.82) is 0 Å². The highest BCUT2D eigenvalue weighted by molar-refractivity contribution is 5.85. The Kier molecular flexibility index (Phi) is 11.7. The SMILES string of the molecule is CN(C(=O)CN1CCN(C(=O)CCC2CCNC2)CC1)C1CCCCC1.Cl.Cl. The zero-order chi connectivity index (χ0) is 18.4. The quantitative estimate of drug-likeness (QED) is 0.692. The maximum atomic E-state index is 12.6. The summed E-state index contributed by atoms with van der Waals surface area (Å²) in [6.07, 6.45) is 9.01. The Hall–Kier alpha value is -0.560. The van der Waals surface area contributed by atoms with Crippen LogP contribution in [0.2, 0.25) is 0 Å². The van der Waals surface area contributed by atoms with Crippen molar-refractivity contribution in [3.63, 3.8) is 0 Å². The van der Waals surface area contributed by atoms with Gasteiger partial charge in [0.2, 0.25) is 11.8 Å². The number of carbonyl (C=O) groups is 2. The summed E-state index contributed by atoms with van der Waals surface area (Å²) in [6.45, 7) is 5.84. The minimum absolute atomic E-state index is 0. The third kappa shape index (κ3) is 7.36. The molecule has 0 bridgehead atoms. The molecule has 2 amide bonds. The van der Waals surface area contributed by atoms with E-state index in [0.29, 0.717) is 30.8 Å². The van der Waals surface area contributed by atoms with Crippen LogP contribution >= 0.6 is 24.8 Å². The Bertz CT molecular complexity index is 475. The topological polar surface area (TPSA) is 55.9 Å². The molecule has 0 spiro atoms. The lowest BCUT2D eigenvalue weighted by Gasteiger charge is -2.37. The van der Waals surface area contributed by atoms with Crippen molar-refractivity contribution in [2.45, 2.75) is 57.4 Å². The van der Waals surface area contributed by atoms with E-state index in [1.807, 2.05) is 16.8 Å². The number of nitrogens with one attached hydrogen (secondary N) is 1. The smallest absolute Gasteiger partial charge is 0.236 e. The van der Waals surface area contributed by atoms with Crippen molar-refractivity contribution in [3.8, 4) is 0 Å². The van der Waals surface area contributed by atoms with Gasteiger partial charge in [0.1, 0.15) is 0 Å².